The van der Waals surface area contributed by atoms with E-state index in [2.05, 4.69) is 26.0 Å². The third-order valence-electron chi connectivity index (χ3n) is 8.24. The molecule has 0 aliphatic heterocycles. The maximum Gasteiger partial charge on any atom is 0.303 e. The van der Waals surface area contributed by atoms with Crippen LogP contribution in [0.25, 0.3) is 0 Å². The van der Waals surface area contributed by atoms with Gasteiger partial charge in [0.15, 0.2) is 0 Å². The summed E-state index contributed by atoms with van der Waals surface area (Å²) in [6.07, 6.45) is 38.7. The summed E-state index contributed by atoms with van der Waals surface area (Å²) in [6, 6.07) is 0. The van der Waals surface area contributed by atoms with Gasteiger partial charge in [-0.05, 0) is 38.5 Å². The number of nitrogens with zero attached hydrogens (tertiary/aromatic N) is 1. The molecule has 0 rings (SSSR count). The number of hydrogen-bond acceptors (Lipinski definition) is 4. The minimum absolute atomic E-state index is 0.0435. The molecule has 0 fully saturated rings. The van der Waals surface area contributed by atoms with Crippen LogP contribution in [0.4, 0.5) is 0 Å². The van der Waals surface area contributed by atoms with Crippen LogP contribution in [0, 0.1) is 0 Å². The number of aliphatic hydroxyl groups excluding tert-OH is 2. The Morgan fingerprint density at radius 1 is 0.477 bits per heavy atom. The van der Waals surface area contributed by atoms with Crippen molar-refractivity contribution < 1.29 is 24.9 Å². The SMILES string of the molecule is CCCCCCCC/C=C\CCCCCCCC(=O)N(CCO)CCO.CCCCCCCCCCCCCCCC(=O)O. The summed E-state index contributed by atoms with van der Waals surface area (Å²) < 4.78 is 0. The summed E-state index contributed by atoms with van der Waals surface area (Å²) in [5, 5.41) is 26.4. The molecule has 0 unspecified atom stereocenters. The third kappa shape index (κ3) is 38.6. The molecule has 0 spiro atoms. The van der Waals surface area contributed by atoms with Crippen molar-refractivity contribution in [3.63, 3.8) is 0 Å². The van der Waals surface area contributed by atoms with Gasteiger partial charge in [0.1, 0.15) is 0 Å². The number of rotatable bonds is 33. The van der Waals surface area contributed by atoms with E-state index < -0.39 is 5.97 Å². The van der Waals surface area contributed by atoms with Gasteiger partial charge in [0.2, 0.25) is 5.91 Å². The maximum atomic E-state index is 12.0. The Labute approximate surface area is 273 Å². The van der Waals surface area contributed by atoms with E-state index >= 15 is 0 Å². The molecule has 0 bridgehead atoms. The van der Waals surface area contributed by atoms with Crippen LogP contribution in [0.3, 0.4) is 0 Å². The molecule has 262 valence electrons. The summed E-state index contributed by atoms with van der Waals surface area (Å²) in [4.78, 5) is 23.8. The highest BCUT2D eigenvalue weighted by Crippen LogP contribution is 2.13. The first-order valence-corrected chi connectivity index (χ1v) is 18.9. The van der Waals surface area contributed by atoms with Gasteiger partial charge in [-0.3, -0.25) is 9.59 Å². The van der Waals surface area contributed by atoms with E-state index in [1.54, 1.807) is 4.90 Å². The summed E-state index contributed by atoms with van der Waals surface area (Å²) in [7, 11) is 0. The molecule has 44 heavy (non-hydrogen) atoms. The highest BCUT2D eigenvalue weighted by Gasteiger charge is 2.11. The molecule has 0 aromatic rings. The van der Waals surface area contributed by atoms with Gasteiger partial charge in [-0.15, -0.1) is 0 Å². The number of aliphatic carboxylic acids is 1. The van der Waals surface area contributed by atoms with Crippen molar-refractivity contribution in [3.8, 4) is 0 Å². The minimum atomic E-state index is -0.655. The standard InChI is InChI=1S/C22H43NO3.C16H32O2/c1-2-3-4-5-6-7-8-9-10-11-12-13-14-15-16-17-22(26)23(18-20-24)19-21-25;1-2-3-4-5-6-7-8-9-10-11-12-13-14-15-16(17)18/h9-10,24-25H,2-8,11-21H2,1H3;2-15H2,1H3,(H,17,18)/b10-9-;. The lowest BCUT2D eigenvalue weighted by Crippen LogP contribution is -2.35. The number of carbonyl (C=O) groups is 2. The molecule has 0 atom stereocenters. The Bertz CT molecular complexity index is 604. The van der Waals surface area contributed by atoms with Crippen molar-refractivity contribution in [2.45, 2.75) is 194 Å². The van der Waals surface area contributed by atoms with E-state index in [-0.39, 0.29) is 19.1 Å². The largest absolute Gasteiger partial charge is 0.481 e. The lowest BCUT2D eigenvalue weighted by molar-refractivity contribution is -0.137. The second kappa shape index (κ2) is 39.6. The number of aliphatic hydroxyl groups is 2. The average molecular weight is 626 g/mol. The Morgan fingerprint density at radius 3 is 1.14 bits per heavy atom. The fourth-order valence-corrected chi connectivity index (χ4v) is 5.40. The molecule has 0 saturated carbocycles. The normalized spacial score (nSPS) is 11.1. The number of hydrogen-bond donors (Lipinski definition) is 3. The van der Waals surface area contributed by atoms with Crippen molar-refractivity contribution in [2.75, 3.05) is 26.3 Å². The van der Waals surface area contributed by atoms with E-state index in [0.717, 1.165) is 25.7 Å². The van der Waals surface area contributed by atoms with Gasteiger partial charge >= 0.3 is 5.97 Å². The average Bonchev–Trinajstić information content (AvgIpc) is 3.01. The Morgan fingerprint density at radius 2 is 0.795 bits per heavy atom. The van der Waals surface area contributed by atoms with Crippen LogP contribution in [0.2, 0.25) is 0 Å². The monoisotopic (exact) mass is 626 g/mol. The summed E-state index contributed by atoms with van der Waals surface area (Å²) in [6.45, 7) is 5.08. The first-order valence-electron chi connectivity index (χ1n) is 18.9. The number of amides is 1. The van der Waals surface area contributed by atoms with Crippen LogP contribution in [-0.2, 0) is 9.59 Å². The molecular weight excluding hydrogens is 550 g/mol. The van der Waals surface area contributed by atoms with E-state index in [4.69, 9.17) is 15.3 Å². The van der Waals surface area contributed by atoms with Gasteiger partial charge in [0.25, 0.3) is 0 Å². The van der Waals surface area contributed by atoms with Crippen molar-refractivity contribution >= 4 is 11.9 Å². The summed E-state index contributed by atoms with van der Waals surface area (Å²) >= 11 is 0. The van der Waals surface area contributed by atoms with Gasteiger partial charge in [-0.25, -0.2) is 0 Å². The Kier molecular flexibility index (Phi) is 40.3. The van der Waals surface area contributed by atoms with Crippen molar-refractivity contribution in [1.82, 2.24) is 4.90 Å². The second-order valence-electron chi connectivity index (χ2n) is 12.5. The topological polar surface area (TPSA) is 98.1 Å². The Balaban J connectivity index is 0. The zero-order valence-electron chi connectivity index (χ0n) is 29.4. The molecule has 6 nitrogen and oxygen atoms in total. The van der Waals surface area contributed by atoms with E-state index in [9.17, 15) is 9.59 Å². The van der Waals surface area contributed by atoms with Crippen molar-refractivity contribution in [1.29, 1.82) is 0 Å². The zero-order chi connectivity index (χ0) is 32.8. The van der Waals surface area contributed by atoms with Crippen LogP contribution in [-0.4, -0.2) is 58.4 Å². The molecule has 0 saturated heterocycles. The number of unbranched alkanes of at least 4 members (excludes halogenated alkanes) is 23. The van der Waals surface area contributed by atoms with E-state index in [0.29, 0.717) is 25.9 Å². The van der Waals surface area contributed by atoms with Gasteiger partial charge in [-0.1, -0.05) is 154 Å². The predicted octanol–water partition coefficient (Wildman–Crippen LogP) is 10.4. The lowest BCUT2D eigenvalue weighted by Gasteiger charge is -2.20. The number of carboxylic acids is 1. The van der Waals surface area contributed by atoms with Gasteiger partial charge in [0, 0.05) is 25.9 Å². The number of carboxylic acid groups (broad SMARTS) is 1. The smallest absolute Gasteiger partial charge is 0.303 e. The van der Waals surface area contributed by atoms with Gasteiger partial charge in [-0.2, -0.15) is 0 Å². The molecule has 6 heteroatoms. The fraction of sp³-hybridized carbons (Fsp3) is 0.895. The quantitative estimate of drug-likeness (QED) is 0.0498. The molecule has 0 radical (unpaired) electrons. The molecular formula is C38H75NO5. The van der Waals surface area contributed by atoms with Crippen LogP contribution in [0.1, 0.15) is 194 Å². The minimum Gasteiger partial charge on any atom is -0.481 e. The van der Waals surface area contributed by atoms with E-state index in [1.807, 2.05) is 0 Å². The molecule has 3 N–H and O–H groups in total. The van der Waals surface area contributed by atoms with Crippen LogP contribution in [0.15, 0.2) is 12.2 Å². The lowest BCUT2D eigenvalue weighted by atomic mass is 10.0. The first-order chi connectivity index (χ1) is 21.5. The van der Waals surface area contributed by atoms with Gasteiger partial charge < -0.3 is 20.2 Å². The van der Waals surface area contributed by atoms with E-state index in [1.165, 1.54) is 141 Å². The second-order valence-corrected chi connectivity index (χ2v) is 12.5. The number of carbonyl (C=O) groups excluding carboxylic acids is 1. The van der Waals surface area contributed by atoms with Crippen LogP contribution >= 0.6 is 0 Å². The first kappa shape index (κ1) is 44.7. The highest BCUT2D eigenvalue weighted by molar-refractivity contribution is 5.76. The maximum absolute atomic E-state index is 12.0. The molecule has 0 aromatic heterocycles. The molecule has 1 amide bonds. The third-order valence-corrected chi connectivity index (χ3v) is 8.24. The summed E-state index contributed by atoms with van der Waals surface area (Å²) in [5.74, 6) is -0.608. The van der Waals surface area contributed by atoms with Gasteiger partial charge in [0.05, 0.1) is 13.2 Å². The number of allylic oxidation sites excluding steroid dienone is 2. The Hall–Kier alpha value is -1.40. The summed E-state index contributed by atoms with van der Waals surface area (Å²) in [5.41, 5.74) is 0. The highest BCUT2D eigenvalue weighted by atomic mass is 16.4. The molecule has 0 aliphatic rings. The molecule has 0 aliphatic carbocycles. The van der Waals surface area contributed by atoms with Crippen molar-refractivity contribution in [2.24, 2.45) is 0 Å². The van der Waals surface area contributed by atoms with Crippen molar-refractivity contribution in [3.05, 3.63) is 12.2 Å². The zero-order valence-corrected chi connectivity index (χ0v) is 29.4. The fourth-order valence-electron chi connectivity index (χ4n) is 5.40. The van der Waals surface area contributed by atoms with Crippen LogP contribution < -0.4 is 0 Å². The van der Waals surface area contributed by atoms with Crippen LogP contribution in [0.5, 0.6) is 0 Å². The predicted molar refractivity (Wildman–Crippen MR) is 188 cm³/mol. The molecule has 0 aromatic carbocycles. The molecule has 0 heterocycles.